The van der Waals surface area contributed by atoms with Crippen molar-refractivity contribution in [3.05, 3.63) is 12.2 Å². The maximum atomic E-state index is 12.5. The molecular weight excluding hydrogens is 634 g/mol. The van der Waals surface area contributed by atoms with Crippen molar-refractivity contribution >= 4 is 5.91 Å². The van der Waals surface area contributed by atoms with E-state index in [1.165, 1.54) is 173 Å². The molecule has 6 heteroatoms. The number of rotatable bonds is 41. The number of allylic oxidation sites excluding steroid dienone is 2. The maximum absolute atomic E-state index is 12.5. The summed E-state index contributed by atoms with van der Waals surface area (Å²) in [5.41, 5.74) is 0. The van der Waals surface area contributed by atoms with Crippen molar-refractivity contribution in [1.82, 2.24) is 5.32 Å². The minimum Gasteiger partial charge on any atom is -0.394 e. The summed E-state index contributed by atoms with van der Waals surface area (Å²) in [6.07, 6.45) is 43.9. The molecule has 4 atom stereocenters. The second kappa shape index (κ2) is 40.2. The van der Waals surface area contributed by atoms with Crippen molar-refractivity contribution in [2.24, 2.45) is 0 Å². The third-order valence-corrected chi connectivity index (χ3v) is 10.7. The summed E-state index contributed by atoms with van der Waals surface area (Å²) in [6, 6.07) is -0.982. The highest BCUT2D eigenvalue weighted by atomic mass is 16.3. The summed E-state index contributed by atoms with van der Waals surface area (Å²) in [5.74, 6) is -0.585. The quantitative estimate of drug-likeness (QED) is 0.0319. The molecule has 0 bridgehead atoms. The zero-order valence-electron chi connectivity index (χ0n) is 34.1. The van der Waals surface area contributed by atoms with Gasteiger partial charge in [-0.25, -0.2) is 0 Å². The van der Waals surface area contributed by atoms with E-state index in [2.05, 4.69) is 31.3 Å². The summed E-state index contributed by atoms with van der Waals surface area (Å²) in [5, 5.41) is 43.6. The van der Waals surface area contributed by atoms with Gasteiger partial charge in [-0.2, -0.15) is 0 Å². The Hall–Kier alpha value is -0.950. The van der Waals surface area contributed by atoms with Crippen molar-refractivity contribution in [2.75, 3.05) is 6.61 Å². The van der Waals surface area contributed by atoms with Crippen LogP contribution in [-0.4, -0.2) is 57.3 Å². The molecule has 6 nitrogen and oxygen atoms in total. The predicted octanol–water partition coefficient (Wildman–Crippen LogP) is 11.8. The first-order valence-corrected chi connectivity index (χ1v) is 22.6. The average molecular weight is 724 g/mol. The van der Waals surface area contributed by atoms with Crippen LogP contribution in [0.5, 0.6) is 0 Å². The van der Waals surface area contributed by atoms with Gasteiger partial charge in [-0.05, 0) is 38.5 Å². The molecule has 0 radical (unpaired) electrons. The predicted molar refractivity (Wildman–Crippen MR) is 219 cm³/mol. The molecule has 5 N–H and O–H groups in total. The molecule has 0 aliphatic heterocycles. The molecule has 4 unspecified atom stereocenters. The van der Waals surface area contributed by atoms with Crippen molar-refractivity contribution in [1.29, 1.82) is 0 Å². The highest BCUT2D eigenvalue weighted by molar-refractivity contribution is 5.80. The fraction of sp³-hybridized carbons (Fsp3) is 0.933. The fourth-order valence-electron chi connectivity index (χ4n) is 7.11. The number of hydrogen-bond donors (Lipinski definition) is 5. The van der Waals surface area contributed by atoms with Gasteiger partial charge in [0.25, 0.3) is 0 Å². The summed E-state index contributed by atoms with van der Waals surface area (Å²) < 4.78 is 0. The lowest BCUT2D eigenvalue weighted by Gasteiger charge is -2.27. The number of carbonyl (C=O) groups is 1. The van der Waals surface area contributed by atoms with E-state index in [1.807, 2.05) is 0 Å². The van der Waals surface area contributed by atoms with Gasteiger partial charge < -0.3 is 25.7 Å². The van der Waals surface area contributed by atoms with Crippen LogP contribution in [0.25, 0.3) is 0 Å². The van der Waals surface area contributed by atoms with Gasteiger partial charge in [-0.3, -0.25) is 4.79 Å². The molecule has 0 rings (SSSR count). The standard InChI is InChI=1S/C45H89NO5/c1-3-5-7-9-11-13-15-16-17-18-19-20-21-22-23-24-25-26-27-29-31-33-35-37-39-43(49)45(51)46-41(40-47)44(50)42(48)38-36-34-32-30-28-14-12-10-8-6-4-2/h22-23,41-44,47-50H,3-21,24-40H2,1-2H3,(H,46,51)/b23-22-. The lowest BCUT2D eigenvalue weighted by atomic mass is 9.99. The van der Waals surface area contributed by atoms with Crippen LogP contribution in [0.2, 0.25) is 0 Å². The second-order valence-corrected chi connectivity index (χ2v) is 15.8. The third kappa shape index (κ3) is 34.6. The minimum absolute atomic E-state index is 0.368. The number of amides is 1. The van der Waals surface area contributed by atoms with Crippen molar-refractivity contribution in [2.45, 2.75) is 263 Å². The Balaban J connectivity index is 3.66. The van der Waals surface area contributed by atoms with Gasteiger partial charge in [0.1, 0.15) is 12.2 Å². The fourth-order valence-corrected chi connectivity index (χ4v) is 7.11. The molecule has 0 aromatic rings. The van der Waals surface area contributed by atoms with Crippen molar-refractivity contribution < 1.29 is 25.2 Å². The van der Waals surface area contributed by atoms with Crippen LogP contribution >= 0.6 is 0 Å². The third-order valence-electron chi connectivity index (χ3n) is 10.7. The van der Waals surface area contributed by atoms with Crippen LogP contribution in [0.1, 0.15) is 239 Å². The maximum Gasteiger partial charge on any atom is 0.249 e. The first-order valence-electron chi connectivity index (χ1n) is 22.6. The molecule has 0 spiro atoms. The van der Waals surface area contributed by atoms with E-state index in [4.69, 9.17) is 0 Å². The van der Waals surface area contributed by atoms with Gasteiger partial charge in [0.2, 0.25) is 5.91 Å². The van der Waals surface area contributed by atoms with Crippen LogP contribution in [0, 0.1) is 0 Å². The molecule has 304 valence electrons. The van der Waals surface area contributed by atoms with Crippen molar-refractivity contribution in [3.8, 4) is 0 Å². The summed E-state index contributed by atoms with van der Waals surface area (Å²) in [6.45, 7) is 4.04. The molecular formula is C45H89NO5. The van der Waals surface area contributed by atoms with E-state index in [9.17, 15) is 25.2 Å². The van der Waals surface area contributed by atoms with Gasteiger partial charge in [0.15, 0.2) is 0 Å². The number of carbonyl (C=O) groups excluding carboxylic acids is 1. The van der Waals surface area contributed by atoms with Crippen molar-refractivity contribution in [3.63, 3.8) is 0 Å². The topological polar surface area (TPSA) is 110 Å². The van der Waals surface area contributed by atoms with E-state index < -0.39 is 36.9 Å². The van der Waals surface area contributed by atoms with Crippen LogP contribution in [0.3, 0.4) is 0 Å². The van der Waals surface area contributed by atoms with Gasteiger partial charge in [-0.1, -0.05) is 212 Å². The number of unbranched alkanes of at least 4 members (excludes halogenated alkanes) is 30. The molecule has 0 aliphatic carbocycles. The SMILES string of the molecule is CCCCCCCCCCCCCC/C=C\CCCCCCCCCCC(O)C(=O)NC(CO)C(O)C(O)CCCCCCCCCCCCC. The number of aliphatic hydroxyl groups is 4. The molecule has 0 heterocycles. The zero-order chi connectivity index (χ0) is 37.5. The van der Waals surface area contributed by atoms with Gasteiger partial charge in [0, 0.05) is 0 Å². The monoisotopic (exact) mass is 724 g/mol. The summed E-state index contributed by atoms with van der Waals surface area (Å²) in [7, 11) is 0. The number of nitrogens with one attached hydrogen (secondary N) is 1. The molecule has 51 heavy (non-hydrogen) atoms. The first kappa shape index (κ1) is 50.1. The Bertz CT molecular complexity index is 731. The van der Waals surface area contributed by atoms with E-state index in [1.54, 1.807) is 0 Å². The Morgan fingerprint density at radius 3 is 1.14 bits per heavy atom. The van der Waals surface area contributed by atoms with E-state index in [-0.39, 0.29) is 0 Å². The van der Waals surface area contributed by atoms with E-state index in [0.717, 1.165) is 38.5 Å². The Morgan fingerprint density at radius 1 is 0.471 bits per heavy atom. The van der Waals surface area contributed by atoms with Gasteiger partial charge in [-0.15, -0.1) is 0 Å². The molecule has 0 saturated heterocycles. The summed E-state index contributed by atoms with van der Waals surface area (Å²) >= 11 is 0. The Morgan fingerprint density at radius 2 is 0.784 bits per heavy atom. The molecule has 0 aromatic carbocycles. The highest BCUT2D eigenvalue weighted by Gasteiger charge is 2.28. The second-order valence-electron chi connectivity index (χ2n) is 15.8. The lowest BCUT2D eigenvalue weighted by molar-refractivity contribution is -0.132. The molecule has 1 amide bonds. The molecule has 0 aliphatic rings. The molecule has 0 saturated carbocycles. The Kier molecular flexibility index (Phi) is 39.5. The zero-order valence-corrected chi connectivity index (χ0v) is 34.1. The normalized spacial score (nSPS) is 14.2. The largest absolute Gasteiger partial charge is 0.394 e. The van der Waals surface area contributed by atoms with E-state index >= 15 is 0 Å². The summed E-state index contributed by atoms with van der Waals surface area (Å²) in [4.78, 5) is 12.5. The van der Waals surface area contributed by atoms with E-state index in [0.29, 0.717) is 12.8 Å². The highest BCUT2D eigenvalue weighted by Crippen LogP contribution is 2.16. The van der Waals surface area contributed by atoms with Crippen LogP contribution < -0.4 is 5.32 Å². The average Bonchev–Trinajstić information content (AvgIpc) is 3.13. The number of aliphatic hydroxyl groups excluding tert-OH is 4. The first-order chi connectivity index (χ1) is 25.0. The minimum atomic E-state index is -1.26. The van der Waals surface area contributed by atoms with Gasteiger partial charge >= 0.3 is 0 Å². The van der Waals surface area contributed by atoms with Gasteiger partial charge in [0.05, 0.1) is 18.8 Å². The smallest absolute Gasteiger partial charge is 0.249 e. The number of hydrogen-bond acceptors (Lipinski definition) is 5. The van der Waals surface area contributed by atoms with Crippen LogP contribution in [-0.2, 0) is 4.79 Å². The van der Waals surface area contributed by atoms with Crippen LogP contribution in [0.4, 0.5) is 0 Å². The molecule has 0 fully saturated rings. The molecule has 0 aromatic heterocycles. The van der Waals surface area contributed by atoms with Crippen LogP contribution in [0.15, 0.2) is 12.2 Å². The Labute approximate surface area is 317 Å². The lowest BCUT2D eigenvalue weighted by Crippen LogP contribution is -2.53.